The Labute approximate surface area is 193 Å². The molecule has 0 unspecified atom stereocenters. The van der Waals surface area contributed by atoms with Gasteiger partial charge >= 0.3 is 5.97 Å². The lowest BCUT2D eigenvalue weighted by molar-refractivity contribution is -0.137. The van der Waals surface area contributed by atoms with Gasteiger partial charge in [-0.2, -0.15) is 0 Å². The molecule has 0 spiro atoms. The molecule has 2 N–H and O–H groups in total. The van der Waals surface area contributed by atoms with Crippen molar-refractivity contribution >= 4 is 27.6 Å². The minimum absolute atomic E-state index is 0.0342. The van der Waals surface area contributed by atoms with Crippen LogP contribution in [0.1, 0.15) is 24.0 Å². The predicted molar refractivity (Wildman–Crippen MR) is 126 cm³/mol. The molecule has 0 atom stereocenters. The van der Waals surface area contributed by atoms with Crippen LogP contribution in [0.4, 0.5) is 5.69 Å². The Balaban J connectivity index is 2.23. The molecule has 180 valence electrons. The van der Waals surface area contributed by atoms with E-state index in [0.717, 1.165) is 5.41 Å². The number of hydrogen-bond acceptors (Lipinski definition) is 8. The normalized spacial score (nSPS) is 11.3. The summed E-state index contributed by atoms with van der Waals surface area (Å²) in [6.07, 6.45) is 1.89. The van der Waals surface area contributed by atoms with Crippen LogP contribution in [0.3, 0.4) is 0 Å². The molecule has 0 amide bonds. The average molecular weight is 480 g/mol. The van der Waals surface area contributed by atoms with Crippen LogP contribution in [0, 0.1) is 0 Å². The molecular formula is C23H29NO8S. The standard InChI is InChI=1S/C23H29NO8S/c1-29-17-13-21(31-3)18(22(14-17)32-4)9-11-33(27,28)15-16-7-8-20(30-2)19(12-16)24-10-5-6-23(25)26/h7-9,11-14,24H,5-6,10,15H2,1-4H3,(H,25,26). The molecule has 33 heavy (non-hydrogen) atoms. The second-order valence-corrected chi connectivity index (χ2v) is 8.90. The maximum atomic E-state index is 12.8. The van der Waals surface area contributed by atoms with E-state index >= 15 is 0 Å². The summed E-state index contributed by atoms with van der Waals surface area (Å²) in [6, 6.07) is 8.30. The van der Waals surface area contributed by atoms with E-state index in [1.807, 2.05) is 0 Å². The van der Waals surface area contributed by atoms with Gasteiger partial charge in [-0.1, -0.05) is 6.07 Å². The number of ether oxygens (including phenoxy) is 4. The highest BCUT2D eigenvalue weighted by atomic mass is 32.2. The Morgan fingerprint density at radius 1 is 0.970 bits per heavy atom. The van der Waals surface area contributed by atoms with Crippen molar-refractivity contribution in [3.8, 4) is 23.0 Å². The highest BCUT2D eigenvalue weighted by Gasteiger charge is 2.15. The van der Waals surface area contributed by atoms with Crippen LogP contribution in [0.15, 0.2) is 35.7 Å². The third kappa shape index (κ3) is 7.60. The van der Waals surface area contributed by atoms with Crippen LogP contribution in [0.25, 0.3) is 6.08 Å². The Kier molecular flexibility index (Phi) is 9.41. The largest absolute Gasteiger partial charge is 0.496 e. The van der Waals surface area contributed by atoms with Gasteiger partial charge in [0.25, 0.3) is 0 Å². The Morgan fingerprint density at radius 3 is 2.15 bits per heavy atom. The van der Waals surface area contributed by atoms with Gasteiger partial charge in [0.15, 0.2) is 9.84 Å². The first-order valence-electron chi connectivity index (χ1n) is 10.1. The van der Waals surface area contributed by atoms with Crippen LogP contribution >= 0.6 is 0 Å². The topological polar surface area (TPSA) is 120 Å². The number of rotatable bonds is 13. The van der Waals surface area contributed by atoms with Crippen molar-refractivity contribution in [3.05, 3.63) is 46.9 Å². The van der Waals surface area contributed by atoms with Crippen LogP contribution in [-0.4, -0.2) is 54.5 Å². The summed E-state index contributed by atoms with van der Waals surface area (Å²) < 4.78 is 46.8. The summed E-state index contributed by atoms with van der Waals surface area (Å²) in [5.74, 6) is 0.767. The summed E-state index contributed by atoms with van der Waals surface area (Å²) in [5, 5.41) is 13.0. The first kappa shape index (κ1) is 25.9. The third-order valence-corrected chi connectivity index (χ3v) is 6.00. The van der Waals surface area contributed by atoms with E-state index in [-0.39, 0.29) is 12.2 Å². The minimum atomic E-state index is -3.64. The van der Waals surface area contributed by atoms with E-state index in [4.69, 9.17) is 24.1 Å². The van der Waals surface area contributed by atoms with Crippen molar-refractivity contribution < 1.29 is 37.3 Å². The van der Waals surface area contributed by atoms with Crippen molar-refractivity contribution in [2.24, 2.45) is 0 Å². The number of carboxylic acids is 1. The fourth-order valence-electron chi connectivity index (χ4n) is 3.09. The monoisotopic (exact) mass is 479 g/mol. The van der Waals surface area contributed by atoms with Crippen LogP contribution in [-0.2, 0) is 20.4 Å². The highest BCUT2D eigenvalue weighted by Crippen LogP contribution is 2.35. The molecule has 0 heterocycles. The maximum absolute atomic E-state index is 12.8. The van der Waals surface area contributed by atoms with Gasteiger partial charge in [-0.25, -0.2) is 8.42 Å². The SMILES string of the molecule is COc1cc(OC)c(C=CS(=O)(=O)Cc2ccc(OC)c(NCCCC(=O)O)c2)c(OC)c1. The van der Waals surface area contributed by atoms with E-state index < -0.39 is 15.8 Å². The predicted octanol–water partition coefficient (Wildman–Crippen LogP) is 3.58. The number of hydrogen-bond donors (Lipinski definition) is 2. The Bertz CT molecular complexity index is 1070. The fraction of sp³-hybridized carbons (Fsp3) is 0.348. The fourth-order valence-corrected chi connectivity index (χ4v) is 4.18. The zero-order chi connectivity index (χ0) is 24.4. The van der Waals surface area contributed by atoms with Gasteiger partial charge in [0.1, 0.15) is 23.0 Å². The van der Waals surface area contributed by atoms with Crippen molar-refractivity contribution in [1.82, 2.24) is 0 Å². The number of anilines is 1. The molecule has 9 nitrogen and oxygen atoms in total. The molecule has 2 rings (SSSR count). The molecule has 0 saturated carbocycles. The highest BCUT2D eigenvalue weighted by molar-refractivity contribution is 7.93. The van der Waals surface area contributed by atoms with Gasteiger partial charge in [-0.05, 0) is 30.2 Å². The van der Waals surface area contributed by atoms with E-state index in [1.165, 1.54) is 34.5 Å². The first-order chi connectivity index (χ1) is 15.7. The Hall–Kier alpha value is -3.40. The second-order valence-electron chi connectivity index (χ2n) is 7.01. The Morgan fingerprint density at radius 2 is 1.61 bits per heavy atom. The van der Waals surface area contributed by atoms with E-state index in [2.05, 4.69) is 5.32 Å². The maximum Gasteiger partial charge on any atom is 0.303 e. The first-order valence-corrected chi connectivity index (χ1v) is 11.8. The lowest BCUT2D eigenvalue weighted by Gasteiger charge is -2.13. The summed E-state index contributed by atoms with van der Waals surface area (Å²) in [4.78, 5) is 10.7. The number of methoxy groups -OCH3 is 4. The minimum Gasteiger partial charge on any atom is -0.496 e. The smallest absolute Gasteiger partial charge is 0.303 e. The molecule has 0 fully saturated rings. The number of aliphatic carboxylic acids is 1. The third-order valence-electron chi connectivity index (χ3n) is 4.71. The van der Waals surface area contributed by atoms with Crippen LogP contribution < -0.4 is 24.3 Å². The van der Waals surface area contributed by atoms with Gasteiger partial charge in [0, 0.05) is 30.5 Å². The summed E-state index contributed by atoms with van der Waals surface area (Å²) in [5.41, 5.74) is 1.62. The van der Waals surface area contributed by atoms with Crippen molar-refractivity contribution in [3.63, 3.8) is 0 Å². The zero-order valence-electron chi connectivity index (χ0n) is 19.1. The number of nitrogens with one attached hydrogen (secondary N) is 1. The molecule has 2 aromatic rings. The molecule has 0 radical (unpaired) electrons. The van der Waals surface area contributed by atoms with Crippen molar-refractivity contribution in [2.45, 2.75) is 18.6 Å². The number of carbonyl (C=O) groups is 1. The quantitative estimate of drug-likeness (QED) is 0.415. The molecular weight excluding hydrogens is 450 g/mol. The molecule has 0 aromatic heterocycles. The summed E-state index contributed by atoms with van der Waals surface area (Å²) in [7, 11) is 2.33. The van der Waals surface area contributed by atoms with Crippen molar-refractivity contribution in [2.75, 3.05) is 40.3 Å². The number of benzene rings is 2. The molecule has 0 aliphatic rings. The van der Waals surface area contributed by atoms with Gasteiger partial charge in [-0.3, -0.25) is 4.79 Å². The number of sulfone groups is 1. The molecule has 2 aromatic carbocycles. The second kappa shape index (κ2) is 12.0. The lowest BCUT2D eigenvalue weighted by atomic mass is 10.1. The van der Waals surface area contributed by atoms with Crippen LogP contribution in [0.2, 0.25) is 0 Å². The molecule has 10 heteroatoms. The van der Waals surface area contributed by atoms with Gasteiger partial charge < -0.3 is 29.4 Å². The van der Waals surface area contributed by atoms with Crippen LogP contribution in [0.5, 0.6) is 23.0 Å². The zero-order valence-corrected chi connectivity index (χ0v) is 19.9. The van der Waals surface area contributed by atoms with E-state index in [1.54, 1.807) is 30.3 Å². The van der Waals surface area contributed by atoms with Gasteiger partial charge in [0.05, 0.1) is 45.4 Å². The molecule has 0 saturated heterocycles. The van der Waals surface area contributed by atoms with Gasteiger partial charge in [0.2, 0.25) is 0 Å². The molecule has 0 aliphatic carbocycles. The summed E-state index contributed by atoms with van der Waals surface area (Å²) >= 11 is 0. The summed E-state index contributed by atoms with van der Waals surface area (Å²) in [6.45, 7) is 0.413. The van der Waals surface area contributed by atoms with E-state index in [9.17, 15) is 13.2 Å². The lowest BCUT2D eigenvalue weighted by Crippen LogP contribution is -2.07. The van der Waals surface area contributed by atoms with E-state index in [0.29, 0.717) is 52.8 Å². The van der Waals surface area contributed by atoms with Crippen molar-refractivity contribution in [1.29, 1.82) is 0 Å². The number of carboxylic acid groups (broad SMARTS) is 1. The molecule has 0 bridgehead atoms. The molecule has 0 aliphatic heterocycles. The average Bonchev–Trinajstić information content (AvgIpc) is 2.79. The van der Waals surface area contributed by atoms with Gasteiger partial charge in [-0.15, -0.1) is 0 Å².